The Morgan fingerprint density at radius 1 is 1.28 bits per heavy atom. The molecule has 0 saturated carbocycles. The van der Waals surface area contributed by atoms with Crippen LogP contribution < -0.4 is 9.64 Å². The van der Waals surface area contributed by atoms with Crippen LogP contribution in [0.4, 0.5) is 5.82 Å². The van der Waals surface area contributed by atoms with Crippen molar-refractivity contribution >= 4 is 21.7 Å². The Bertz CT molecular complexity index is 392. The Kier molecular flexibility index (Phi) is 4.83. The van der Waals surface area contributed by atoms with Crippen LogP contribution in [-0.4, -0.2) is 49.7 Å². The Morgan fingerprint density at radius 3 is 2.61 bits per heavy atom. The van der Waals surface area contributed by atoms with Crippen molar-refractivity contribution in [2.45, 2.75) is 13.3 Å². The average Bonchev–Trinajstić information content (AvgIpc) is 2.40. The van der Waals surface area contributed by atoms with Crippen molar-refractivity contribution in [3.8, 4) is 5.75 Å². The second-order valence-electron chi connectivity index (χ2n) is 4.49. The summed E-state index contributed by atoms with van der Waals surface area (Å²) >= 11 is 3.43. The molecule has 0 N–H and O–H groups in total. The summed E-state index contributed by atoms with van der Waals surface area (Å²) in [6, 6.07) is 3.88. The Labute approximate surface area is 117 Å². The van der Waals surface area contributed by atoms with Gasteiger partial charge >= 0.3 is 0 Å². The normalized spacial score (nSPS) is 16.9. The lowest BCUT2D eigenvalue weighted by molar-refractivity contribution is 0.257. The maximum atomic E-state index is 5.39. The first-order valence-electron chi connectivity index (χ1n) is 6.42. The maximum Gasteiger partial charge on any atom is 0.172 e. The molecule has 0 atom stereocenters. The average molecular weight is 314 g/mol. The van der Waals surface area contributed by atoms with Gasteiger partial charge in [-0.2, -0.15) is 0 Å². The third kappa shape index (κ3) is 3.14. The minimum absolute atomic E-state index is 0.849. The second kappa shape index (κ2) is 6.38. The molecular formula is C13H20BrN3O. The lowest BCUT2D eigenvalue weighted by atomic mass is 10.3. The highest BCUT2D eigenvalue weighted by Gasteiger charge is 2.20. The molecule has 18 heavy (non-hydrogen) atoms. The molecule has 0 amide bonds. The molecule has 0 spiro atoms. The van der Waals surface area contributed by atoms with Gasteiger partial charge in [0.1, 0.15) is 4.60 Å². The Morgan fingerprint density at radius 2 is 2.00 bits per heavy atom. The van der Waals surface area contributed by atoms with E-state index in [1.165, 1.54) is 13.0 Å². The molecule has 5 heteroatoms. The molecule has 1 fully saturated rings. The number of rotatable bonds is 4. The van der Waals surface area contributed by atoms with E-state index in [0.29, 0.717) is 0 Å². The first-order valence-corrected chi connectivity index (χ1v) is 7.21. The largest absolute Gasteiger partial charge is 0.493 e. The van der Waals surface area contributed by atoms with Gasteiger partial charge in [0.2, 0.25) is 0 Å². The first kappa shape index (κ1) is 13.6. The molecular weight excluding hydrogens is 294 g/mol. The highest BCUT2D eigenvalue weighted by molar-refractivity contribution is 9.10. The second-order valence-corrected chi connectivity index (χ2v) is 5.30. The van der Waals surface area contributed by atoms with Crippen LogP contribution in [0.25, 0.3) is 0 Å². The van der Waals surface area contributed by atoms with E-state index in [0.717, 1.165) is 42.3 Å². The number of halogens is 1. The molecule has 0 aliphatic carbocycles. The fourth-order valence-electron chi connectivity index (χ4n) is 2.30. The number of nitrogens with zero attached hydrogens (tertiary/aromatic N) is 3. The molecule has 1 saturated heterocycles. The highest BCUT2D eigenvalue weighted by atomic mass is 79.9. The molecule has 1 aromatic rings. The van der Waals surface area contributed by atoms with E-state index >= 15 is 0 Å². The van der Waals surface area contributed by atoms with E-state index in [-0.39, 0.29) is 0 Å². The van der Waals surface area contributed by atoms with E-state index < -0.39 is 0 Å². The molecule has 0 aromatic carbocycles. The fraction of sp³-hybridized carbons (Fsp3) is 0.615. The predicted molar refractivity (Wildman–Crippen MR) is 77.4 cm³/mol. The predicted octanol–water partition coefficient (Wildman–Crippen LogP) is 2.38. The Balaban J connectivity index is 2.06. The number of methoxy groups -OCH3 is 1. The van der Waals surface area contributed by atoms with Crippen molar-refractivity contribution in [2.24, 2.45) is 0 Å². The lowest BCUT2D eigenvalue weighted by Gasteiger charge is -2.35. The summed E-state index contributed by atoms with van der Waals surface area (Å²) in [7, 11) is 1.70. The molecule has 0 radical (unpaired) electrons. The molecule has 100 valence electrons. The van der Waals surface area contributed by atoms with Gasteiger partial charge in [0.15, 0.2) is 11.6 Å². The van der Waals surface area contributed by atoms with Gasteiger partial charge in [0.25, 0.3) is 0 Å². The molecule has 1 aliphatic heterocycles. The zero-order valence-electron chi connectivity index (χ0n) is 11.0. The molecule has 4 nitrogen and oxygen atoms in total. The van der Waals surface area contributed by atoms with Crippen LogP contribution >= 0.6 is 15.9 Å². The van der Waals surface area contributed by atoms with Crippen LogP contribution in [0.2, 0.25) is 0 Å². The lowest BCUT2D eigenvalue weighted by Crippen LogP contribution is -2.46. The maximum absolute atomic E-state index is 5.39. The third-order valence-electron chi connectivity index (χ3n) is 3.24. The van der Waals surface area contributed by atoms with Crippen molar-refractivity contribution in [1.82, 2.24) is 9.88 Å². The van der Waals surface area contributed by atoms with Crippen LogP contribution in [0.15, 0.2) is 16.7 Å². The van der Waals surface area contributed by atoms with Crippen molar-refractivity contribution in [3.05, 3.63) is 16.7 Å². The van der Waals surface area contributed by atoms with Crippen LogP contribution in [0, 0.1) is 0 Å². The van der Waals surface area contributed by atoms with Crippen molar-refractivity contribution in [2.75, 3.05) is 44.7 Å². The van der Waals surface area contributed by atoms with Gasteiger partial charge in [-0.15, -0.1) is 0 Å². The number of anilines is 1. The summed E-state index contributed by atoms with van der Waals surface area (Å²) in [5.41, 5.74) is 0. The number of pyridine rings is 1. The van der Waals surface area contributed by atoms with Crippen LogP contribution in [0.1, 0.15) is 13.3 Å². The third-order valence-corrected chi connectivity index (χ3v) is 3.68. The van der Waals surface area contributed by atoms with Crippen LogP contribution in [-0.2, 0) is 0 Å². The van der Waals surface area contributed by atoms with E-state index in [1.54, 1.807) is 7.11 Å². The van der Waals surface area contributed by atoms with Crippen molar-refractivity contribution in [1.29, 1.82) is 0 Å². The van der Waals surface area contributed by atoms with E-state index in [9.17, 15) is 0 Å². The van der Waals surface area contributed by atoms with Gasteiger partial charge < -0.3 is 9.64 Å². The minimum atomic E-state index is 0.849. The molecule has 0 unspecified atom stereocenters. The van der Waals surface area contributed by atoms with Gasteiger partial charge in [-0.3, -0.25) is 4.90 Å². The molecule has 1 aliphatic rings. The smallest absolute Gasteiger partial charge is 0.172 e. The molecule has 0 bridgehead atoms. The van der Waals surface area contributed by atoms with Gasteiger partial charge in [-0.1, -0.05) is 6.92 Å². The number of hydrogen-bond donors (Lipinski definition) is 0. The van der Waals surface area contributed by atoms with Gasteiger partial charge in [0.05, 0.1) is 7.11 Å². The van der Waals surface area contributed by atoms with Gasteiger partial charge in [0, 0.05) is 26.2 Å². The fourth-order valence-corrected chi connectivity index (χ4v) is 2.60. The summed E-state index contributed by atoms with van der Waals surface area (Å²) in [5.74, 6) is 1.80. The Hall–Kier alpha value is -0.810. The molecule has 1 aromatic heterocycles. The minimum Gasteiger partial charge on any atom is -0.493 e. The van der Waals surface area contributed by atoms with E-state index in [4.69, 9.17) is 4.74 Å². The zero-order chi connectivity index (χ0) is 13.0. The molecule has 2 heterocycles. The standard InChI is InChI=1S/C13H20BrN3O/c1-3-6-16-7-9-17(10-8-16)13-11(18-2)4-5-12(14)15-13/h4-5H,3,6-10H2,1-2H3. The quantitative estimate of drug-likeness (QED) is 0.798. The SMILES string of the molecule is CCCN1CCN(c2nc(Br)ccc2OC)CC1. The first-order chi connectivity index (χ1) is 8.74. The van der Waals surface area contributed by atoms with Crippen LogP contribution in [0.3, 0.4) is 0 Å². The topological polar surface area (TPSA) is 28.6 Å². The monoisotopic (exact) mass is 313 g/mol. The number of piperazine rings is 1. The van der Waals surface area contributed by atoms with Crippen molar-refractivity contribution < 1.29 is 4.74 Å². The highest BCUT2D eigenvalue weighted by Crippen LogP contribution is 2.28. The number of hydrogen-bond acceptors (Lipinski definition) is 4. The van der Waals surface area contributed by atoms with Crippen LogP contribution in [0.5, 0.6) is 5.75 Å². The van der Waals surface area contributed by atoms with E-state index in [2.05, 4.69) is 37.6 Å². The summed E-state index contributed by atoms with van der Waals surface area (Å²) in [5, 5.41) is 0. The van der Waals surface area contributed by atoms with Gasteiger partial charge in [-0.25, -0.2) is 4.98 Å². The van der Waals surface area contributed by atoms with Gasteiger partial charge in [-0.05, 0) is 41.0 Å². The molecule has 2 rings (SSSR count). The summed E-state index contributed by atoms with van der Waals surface area (Å²) in [6.45, 7) is 7.65. The summed E-state index contributed by atoms with van der Waals surface area (Å²) < 4.78 is 6.25. The summed E-state index contributed by atoms with van der Waals surface area (Å²) in [4.78, 5) is 9.34. The van der Waals surface area contributed by atoms with Crippen molar-refractivity contribution in [3.63, 3.8) is 0 Å². The number of ether oxygens (including phenoxy) is 1. The zero-order valence-corrected chi connectivity index (χ0v) is 12.6. The van der Waals surface area contributed by atoms with E-state index in [1.807, 2.05) is 12.1 Å². The summed E-state index contributed by atoms with van der Waals surface area (Å²) in [6.07, 6.45) is 1.22. The number of aromatic nitrogens is 1.